The van der Waals surface area contributed by atoms with Crippen LogP contribution in [-0.4, -0.2) is 59.0 Å². The molecule has 0 aromatic heterocycles. The Morgan fingerprint density at radius 2 is 1.64 bits per heavy atom. The highest BCUT2D eigenvalue weighted by atomic mass is 16.5. The fourth-order valence-electron chi connectivity index (χ4n) is 4.23. The van der Waals surface area contributed by atoms with Crippen molar-refractivity contribution in [2.45, 2.75) is 37.7 Å². The third-order valence-corrected chi connectivity index (χ3v) is 5.82. The number of fused-ring (bicyclic) bond motifs is 2. The highest BCUT2D eigenvalue weighted by Crippen LogP contribution is 2.42. The maximum absolute atomic E-state index is 13.0. The quantitative estimate of drug-likeness (QED) is 0.708. The number of aliphatic hydroxyl groups is 1. The topological polar surface area (TPSA) is 87.1 Å². The van der Waals surface area contributed by atoms with E-state index in [4.69, 9.17) is 4.74 Å². The van der Waals surface area contributed by atoms with Gasteiger partial charge in [0, 0.05) is 28.3 Å². The first-order valence-corrected chi connectivity index (χ1v) is 9.35. The largest absolute Gasteiger partial charge is 0.507 e. The summed E-state index contributed by atoms with van der Waals surface area (Å²) in [6.45, 7) is 1.79. The molecule has 1 aliphatic heterocycles. The standard InChI is InChI=1S/C22H23NO5/c1-11-19(24)16(23(2)3)10-17(28-11)14-8-9-15-18(22(14)27)21(26)13-7-5-4-6-12(13)20(15)25/h4-9,11,16-17,19,24,27H,10H2,1-3H3. The number of carbonyl (C=O) groups excluding carboxylic acids is 2. The average Bonchev–Trinajstić information content (AvgIpc) is 2.67. The van der Waals surface area contributed by atoms with Crippen LogP contribution in [0.4, 0.5) is 0 Å². The van der Waals surface area contributed by atoms with Crippen LogP contribution in [0.5, 0.6) is 5.75 Å². The number of rotatable bonds is 2. The Balaban J connectivity index is 1.78. The summed E-state index contributed by atoms with van der Waals surface area (Å²) in [5.41, 5.74) is 1.35. The third-order valence-electron chi connectivity index (χ3n) is 5.82. The molecule has 6 nitrogen and oxygen atoms in total. The molecule has 1 heterocycles. The Hall–Kier alpha value is -2.54. The van der Waals surface area contributed by atoms with Crippen molar-refractivity contribution < 1.29 is 24.5 Å². The Morgan fingerprint density at radius 1 is 1.00 bits per heavy atom. The molecule has 0 bridgehead atoms. The van der Waals surface area contributed by atoms with Crippen molar-refractivity contribution in [2.24, 2.45) is 0 Å². The molecule has 28 heavy (non-hydrogen) atoms. The van der Waals surface area contributed by atoms with Gasteiger partial charge in [0.1, 0.15) is 5.75 Å². The summed E-state index contributed by atoms with van der Waals surface area (Å²) < 4.78 is 5.94. The van der Waals surface area contributed by atoms with E-state index in [0.29, 0.717) is 23.1 Å². The molecule has 1 saturated heterocycles. The van der Waals surface area contributed by atoms with Crippen LogP contribution in [-0.2, 0) is 4.74 Å². The van der Waals surface area contributed by atoms with Gasteiger partial charge in [-0.2, -0.15) is 0 Å². The second-order valence-electron chi connectivity index (χ2n) is 7.72. The van der Waals surface area contributed by atoms with Gasteiger partial charge >= 0.3 is 0 Å². The van der Waals surface area contributed by atoms with Gasteiger partial charge in [0.2, 0.25) is 0 Å². The first-order chi connectivity index (χ1) is 13.3. The number of aromatic hydroxyl groups is 1. The van der Waals surface area contributed by atoms with E-state index >= 15 is 0 Å². The van der Waals surface area contributed by atoms with E-state index in [-0.39, 0.29) is 34.5 Å². The molecule has 0 saturated carbocycles. The van der Waals surface area contributed by atoms with Gasteiger partial charge in [0.25, 0.3) is 0 Å². The van der Waals surface area contributed by atoms with E-state index in [9.17, 15) is 19.8 Å². The average molecular weight is 381 g/mol. The summed E-state index contributed by atoms with van der Waals surface area (Å²) in [7, 11) is 3.77. The SMILES string of the molecule is CC1OC(c2ccc3c(c2O)C(=O)c2ccccc2C3=O)CC(N(C)C)C1O. The van der Waals surface area contributed by atoms with Crippen LogP contribution in [0, 0.1) is 0 Å². The molecule has 1 fully saturated rings. The van der Waals surface area contributed by atoms with Crippen molar-refractivity contribution in [3.8, 4) is 5.75 Å². The molecule has 1 aliphatic carbocycles. The molecule has 2 aromatic rings. The molecule has 0 radical (unpaired) electrons. The van der Waals surface area contributed by atoms with Gasteiger partial charge in [0.15, 0.2) is 11.6 Å². The van der Waals surface area contributed by atoms with Gasteiger partial charge in [-0.3, -0.25) is 9.59 Å². The monoisotopic (exact) mass is 381 g/mol. The highest BCUT2D eigenvalue weighted by molar-refractivity contribution is 6.29. The number of phenolic OH excluding ortho intramolecular Hbond substituents is 1. The lowest BCUT2D eigenvalue weighted by atomic mass is 9.81. The molecule has 2 aromatic carbocycles. The Bertz CT molecular complexity index is 967. The Labute approximate surface area is 163 Å². The van der Waals surface area contributed by atoms with E-state index < -0.39 is 18.3 Å². The molecule has 4 atom stereocenters. The lowest BCUT2D eigenvalue weighted by Crippen LogP contribution is -2.50. The fourth-order valence-corrected chi connectivity index (χ4v) is 4.23. The number of hydrogen-bond donors (Lipinski definition) is 2. The smallest absolute Gasteiger partial charge is 0.198 e. The summed E-state index contributed by atoms with van der Waals surface area (Å²) >= 11 is 0. The van der Waals surface area contributed by atoms with E-state index in [1.807, 2.05) is 19.0 Å². The number of carbonyl (C=O) groups is 2. The molecule has 4 rings (SSSR count). The normalized spacial score (nSPS) is 26.9. The van der Waals surface area contributed by atoms with Gasteiger partial charge < -0.3 is 19.8 Å². The number of ether oxygens (including phenoxy) is 1. The zero-order valence-corrected chi connectivity index (χ0v) is 16.0. The first-order valence-electron chi connectivity index (χ1n) is 9.35. The number of ketones is 2. The highest BCUT2D eigenvalue weighted by Gasteiger charge is 2.40. The zero-order chi connectivity index (χ0) is 20.2. The van der Waals surface area contributed by atoms with Crippen molar-refractivity contribution in [1.29, 1.82) is 0 Å². The van der Waals surface area contributed by atoms with E-state index in [1.54, 1.807) is 43.3 Å². The number of hydrogen-bond acceptors (Lipinski definition) is 6. The van der Waals surface area contributed by atoms with Gasteiger partial charge in [-0.15, -0.1) is 0 Å². The van der Waals surface area contributed by atoms with Crippen LogP contribution >= 0.6 is 0 Å². The van der Waals surface area contributed by atoms with E-state index in [2.05, 4.69) is 0 Å². The molecular formula is C22H23NO5. The molecule has 6 heteroatoms. The maximum atomic E-state index is 13.0. The lowest BCUT2D eigenvalue weighted by molar-refractivity contribution is -0.142. The maximum Gasteiger partial charge on any atom is 0.198 e. The molecule has 2 N–H and O–H groups in total. The third kappa shape index (κ3) is 2.76. The van der Waals surface area contributed by atoms with E-state index in [1.165, 1.54) is 0 Å². The number of benzene rings is 2. The van der Waals surface area contributed by atoms with Crippen molar-refractivity contribution in [1.82, 2.24) is 4.90 Å². The predicted molar refractivity (Wildman–Crippen MR) is 103 cm³/mol. The summed E-state index contributed by atoms with van der Waals surface area (Å²) in [6, 6.07) is 9.72. The van der Waals surface area contributed by atoms with Crippen molar-refractivity contribution in [3.05, 3.63) is 64.2 Å². The molecule has 0 amide bonds. The predicted octanol–water partition coefficient (Wildman–Crippen LogP) is 2.31. The second-order valence-corrected chi connectivity index (χ2v) is 7.72. The van der Waals surface area contributed by atoms with Gasteiger partial charge in [-0.05, 0) is 33.5 Å². The van der Waals surface area contributed by atoms with Gasteiger partial charge in [-0.1, -0.05) is 30.3 Å². The second kappa shape index (κ2) is 6.81. The van der Waals surface area contributed by atoms with Crippen molar-refractivity contribution in [3.63, 3.8) is 0 Å². The Kier molecular flexibility index (Phi) is 4.57. The number of likely N-dealkylation sites (N-methyl/N-ethyl adjacent to an activating group) is 1. The summed E-state index contributed by atoms with van der Waals surface area (Å²) in [5, 5.41) is 21.3. The van der Waals surface area contributed by atoms with E-state index in [0.717, 1.165) is 0 Å². The summed E-state index contributed by atoms with van der Waals surface area (Å²) in [5.74, 6) is -0.847. The number of aliphatic hydroxyl groups excluding tert-OH is 1. The summed E-state index contributed by atoms with van der Waals surface area (Å²) in [6.07, 6.45) is -1.11. The number of phenols is 1. The minimum absolute atomic E-state index is 0.0324. The van der Waals surface area contributed by atoms with Gasteiger partial charge in [-0.25, -0.2) is 0 Å². The minimum Gasteiger partial charge on any atom is -0.507 e. The van der Waals surface area contributed by atoms with Crippen LogP contribution in [0.25, 0.3) is 0 Å². The molecule has 146 valence electrons. The molecular weight excluding hydrogens is 358 g/mol. The van der Waals surface area contributed by atoms with Crippen LogP contribution in [0.3, 0.4) is 0 Å². The number of nitrogens with zero attached hydrogens (tertiary/aromatic N) is 1. The fraction of sp³-hybridized carbons (Fsp3) is 0.364. The Morgan fingerprint density at radius 3 is 2.29 bits per heavy atom. The van der Waals surface area contributed by atoms with Crippen molar-refractivity contribution in [2.75, 3.05) is 14.1 Å². The van der Waals surface area contributed by atoms with Crippen molar-refractivity contribution >= 4 is 11.6 Å². The molecule has 2 aliphatic rings. The lowest BCUT2D eigenvalue weighted by Gasteiger charge is -2.41. The minimum atomic E-state index is -0.652. The van der Waals surface area contributed by atoms with Crippen LogP contribution in [0.2, 0.25) is 0 Å². The first kappa shape index (κ1) is 18.8. The van der Waals surface area contributed by atoms with Crippen LogP contribution < -0.4 is 0 Å². The molecule has 0 spiro atoms. The van der Waals surface area contributed by atoms with Gasteiger partial charge in [0.05, 0.1) is 23.9 Å². The van der Waals surface area contributed by atoms with Crippen LogP contribution in [0.15, 0.2) is 36.4 Å². The molecule has 4 unspecified atom stereocenters. The zero-order valence-electron chi connectivity index (χ0n) is 16.0. The summed E-state index contributed by atoms with van der Waals surface area (Å²) in [4.78, 5) is 27.7. The van der Waals surface area contributed by atoms with Crippen LogP contribution in [0.1, 0.15) is 56.9 Å².